The number of nitrogens with zero attached hydrogens (tertiary/aromatic N) is 4. The van der Waals surface area contributed by atoms with Gasteiger partial charge >= 0.3 is 0 Å². The molecule has 1 aliphatic rings. The molecule has 4 rings (SSSR count). The molecule has 1 unspecified atom stereocenters. The zero-order chi connectivity index (χ0) is 14.1. The number of nitrogens with one attached hydrogen (secondary N) is 1. The average Bonchev–Trinajstić information content (AvgIpc) is 3.00. The van der Waals surface area contributed by atoms with Crippen LogP contribution in [0.1, 0.15) is 24.5 Å². The van der Waals surface area contributed by atoms with Crippen LogP contribution in [0.15, 0.2) is 42.9 Å². The Morgan fingerprint density at radius 1 is 1.23 bits per heavy atom. The zero-order valence-electron chi connectivity index (χ0n) is 12.1. The van der Waals surface area contributed by atoms with Crippen molar-refractivity contribution in [3.05, 3.63) is 48.5 Å². The molecule has 0 radical (unpaired) electrons. The summed E-state index contributed by atoms with van der Waals surface area (Å²) in [6, 6.07) is 8.12. The molecular formula is C16H18ClN5. The molecule has 0 bridgehead atoms. The summed E-state index contributed by atoms with van der Waals surface area (Å²) in [5, 5.41) is 7.79. The fourth-order valence-corrected chi connectivity index (χ4v) is 2.94. The molecule has 5 nitrogen and oxygen atoms in total. The van der Waals surface area contributed by atoms with Crippen molar-refractivity contribution in [2.75, 3.05) is 13.1 Å². The predicted octanol–water partition coefficient (Wildman–Crippen LogP) is 2.68. The molecule has 1 N–H and O–H groups in total. The number of hydrogen-bond acceptors (Lipinski definition) is 4. The summed E-state index contributed by atoms with van der Waals surface area (Å²) >= 11 is 0. The lowest BCUT2D eigenvalue weighted by molar-refractivity contribution is 0.455. The van der Waals surface area contributed by atoms with Crippen molar-refractivity contribution in [3.8, 4) is 11.3 Å². The maximum Gasteiger partial charge on any atom is 0.164 e. The normalized spacial score (nSPS) is 18.1. The van der Waals surface area contributed by atoms with Crippen molar-refractivity contribution < 1.29 is 0 Å². The first kappa shape index (κ1) is 14.9. The first-order chi connectivity index (χ1) is 10.4. The largest absolute Gasteiger partial charge is 0.316 e. The maximum absolute atomic E-state index is 4.86. The first-order valence-corrected chi connectivity index (χ1v) is 7.38. The predicted molar refractivity (Wildman–Crippen MR) is 88.3 cm³/mol. The van der Waals surface area contributed by atoms with Crippen LogP contribution in [0.4, 0.5) is 0 Å². The highest BCUT2D eigenvalue weighted by Gasteiger charge is 2.17. The average molecular weight is 316 g/mol. The standard InChI is InChI=1S/C16H17N5.ClH/c1-5-14(12-4-2-7-17-10-12)20-15(6-1)13-11-19-21-9-3-8-18-16(13)21;/h1,3,5-6,8-9,11-12,17H,2,4,7,10H2;1H. The smallest absolute Gasteiger partial charge is 0.164 e. The lowest BCUT2D eigenvalue weighted by Crippen LogP contribution is -2.28. The van der Waals surface area contributed by atoms with Crippen molar-refractivity contribution in [2.24, 2.45) is 0 Å². The highest BCUT2D eigenvalue weighted by atomic mass is 35.5. The minimum atomic E-state index is 0. The molecule has 1 atom stereocenters. The lowest BCUT2D eigenvalue weighted by atomic mass is 9.95. The van der Waals surface area contributed by atoms with Gasteiger partial charge in [0.25, 0.3) is 0 Å². The van der Waals surface area contributed by atoms with Crippen LogP contribution in [0, 0.1) is 0 Å². The third-order valence-corrected chi connectivity index (χ3v) is 4.04. The van der Waals surface area contributed by atoms with Crippen molar-refractivity contribution in [2.45, 2.75) is 18.8 Å². The Kier molecular flexibility index (Phi) is 4.36. The molecule has 0 amide bonds. The highest BCUT2D eigenvalue weighted by Crippen LogP contribution is 2.26. The van der Waals surface area contributed by atoms with Crippen LogP contribution in [0.25, 0.3) is 16.9 Å². The Labute approximate surface area is 135 Å². The molecule has 0 aliphatic carbocycles. The molecule has 1 aliphatic heterocycles. The van der Waals surface area contributed by atoms with Crippen LogP contribution < -0.4 is 5.32 Å². The molecule has 22 heavy (non-hydrogen) atoms. The van der Waals surface area contributed by atoms with Gasteiger partial charge in [0.1, 0.15) is 0 Å². The summed E-state index contributed by atoms with van der Waals surface area (Å²) < 4.78 is 1.78. The minimum absolute atomic E-state index is 0. The van der Waals surface area contributed by atoms with E-state index in [1.165, 1.54) is 12.8 Å². The van der Waals surface area contributed by atoms with Gasteiger partial charge in [-0.25, -0.2) is 9.50 Å². The van der Waals surface area contributed by atoms with E-state index in [-0.39, 0.29) is 12.4 Å². The van der Waals surface area contributed by atoms with E-state index >= 15 is 0 Å². The molecule has 0 saturated carbocycles. The fourth-order valence-electron chi connectivity index (χ4n) is 2.94. The van der Waals surface area contributed by atoms with Gasteiger partial charge in [-0.05, 0) is 37.6 Å². The van der Waals surface area contributed by atoms with Gasteiger partial charge < -0.3 is 5.32 Å². The van der Waals surface area contributed by atoms with Crippen molar-refractivity contribution >= 4 is 18.1 Å². The number of aromatic nitrogens is 4. The van der Waals surface area contributed by atoms with Gasteiger partial charge in [-0.1, -0.05) is 6.07 Å². The zero-order valence-corrected chi connectivity index (χ0v) is 13.0. The lowest BCUT2D eigenvalue weighted by Gasteiger charge is -2.22. The minimum Gasteiger partial charge on any atom is -0.316 e. The Hall–Kier alpha value is -1.98. The number of rotatable bonds is 2. The summed E-state index contributed by atoms with van der Waals surface area (Å²) in [5.74, 6) is 0.508. The van der Waals surface area contributed by atoms with Gasteiger partial charge in [0.15, 0.2) is 5.65 Å². The van der Waals surface area contributed by atoms with E-state index < -0.39 is 0 Å². The van der Waals surface area contributed by atoms with Gasteiger partial charge in [0.2, 0.25) is 0 Å². The van der Waals surface area contributed by atoms with E-state index in [1.807, 2.05) is 24.5 Å². The van der Waals surface area contributed by atoms with Gasteiger partial charge in [-0.15, -0.1) is 12.4 Å². The molecule has 114 valence electrons. The number of fused-ring (bicyclic) bond motifs is 1. The maximum atomic E-state index is 4.86. The molecule has 0 aromatic carbocycles. The third kappa shape index (κ3) is 2.69. The summed E-state index contributed by atoms with van der Waals surface area (Å²) in [6.07, 6.45) is 7.95. The topological polar surface area (TPSA) is 55.1 Å². The van der Waals surface area contributed by atoms with Crippen molar-refractivity contribution in [3.63, 3.8) is 0 Å². The number of halogens is 1. The first-order valence-electron chi connectivity index (χ1n) is 7.38. The second-order valence-corrected chi connectivity index (χ2v) is 5.44. The summed E-state index contributed by atoms with van der Waals surface area (Å²) in [5.41, 5.74) is 3.95. The number of hydrogen-bond donors (Lipinski definition) is 1. The molecule has 3 aromatic heterocycles. The van der Waals surface area contributed by atoms with Crippen LogP contribution in [0.3, 0.4) is 0 Å². The van der Waals surface area contributed by atoms with E-state index in [0.717, 1.165) is 35.7 Å². The van der Waals surface area contributed by atoms with Gasteiger partial charge in [0, 0.05) is 30.6 Å². The third-order valence-electron chi connectivity index (χ3n) is 4.04. The molecule has 6 heteroatoms. The molecule has 0 spiro atoms. The number of pyridine rings is 1. The van der Waals surface area contributed by atoms with E-state index in [2.05, 4.69) is 27.5 Å². The Balaban J connectivity index is 0.00000144. The molecular weight excluding hydrogens is 298 g/mol. The molecule has 1 saturated heterocycles. The number of piperidine rings is 1. The fraction of sp³-hybridized carbons (Fsp3) is 0.312. The van der Waals surface area contributed by atoms with Gasteiger partial charge in [0.05, 0.1) is 17.5 Å². The Bertz CT molecular complexity index is 764. The van der Waals surface area contributed by atoms with Crippen LogP contribution >= 0.6 is 12.4 Å². The van der Waals surface area contributed by atoms with E-state index in [1.54, 1.807) is 10.7 Å². The molecule has 4 heterocycles. The van der Waals surface area contributed by atoms with E-state index in [9.17, 15) is 0 Å². The quantitative estimate of drug-likeness (QED) is 0.790. The Morgan fingerprint density at radius 3 is 3.05 bits per heavy atom. The summed E-state index contributed by atoms with van der Waals surface area (Å²) in [7, 11) is 0. The SMILES string of the molecule is Cl.c1cc(-c2cnn3cccnc23)nc(C2CCCNC2)c1. The van der Waals surface area contributed by atoms with Gasteiger partial charge in [-0.2, -0.15) is 5.10 Å². The molecule has 1 fully saturated rings. The monoisotopic (exact) mass is 315 g/mol. The molecule has 3 aromatic rings. The van der Waals surface area contributed by atoms with E-state index in [0.29, 0.717) is 5.92 Å². The Morgan fingerprint density at radius 2 is 2.18 bits per heavy atom. The van der Waals surface area contributed by atoms with Crippen molar-refractivity contribution in [1.29, 1.82) is 0 Å². The highest BCUT2D eigenvalue weighted by molar-refractivity contribution is 5.85. The van der Waals surface area contributed by atoms with Crippen LogP contribution in [-0.4, -0.2) is 32.7 Å². The van der Waals surface area contributed by atoms with Gasteiger partial charge in [-0.3, -0.25) is 4.98 Å². The second kappa shape index (κ2) is 6.42. The van der Waals surface area contributed by atoms with E-state index in [4.69, 9.17) is 4.98 Å². The van der Waals surface area contributed by atoms with Crippen LogP contribution in [0.5, 0.6) is 0 Å². The second-order valence-electron chi connectivity index (χ2n) is 5.44. The van der Waals surface area contributed by atoms with Crippen molar-refractivity contribution in [1.82, 2.24) is 24.9 Å². The van der Waals surface area contributed by atoms with Crippen LogP contribution in [0.2, 0.25) is 0 Å². The summed E-state index contributed by atoms with van der Waals surface area (Å²) in [6.45, 7) is 2.14. The summed E-state index contributed by atoms with van der Waals surface area (Å²) in [4.78, 5) is 9.26. The van der Waals surface area contributed by atoms with Crippen LogP contribution in [-0.2, 0) is 0 Å².